The van der Waals surface area contributed by atoms with Crippen LogP contribution in [-0.4, -0.2) is 30.8 Å². The summed E-state index contributed by atoms with van der Waals surface area (Å²) in [7, 11) is -3.50. The molecule has 1 fully saturated rings. The van der Waals surface area contributed by atoms with E-state index in [1.807, 2.05) is 13.8 Å². The average Bonchev–Trinajstić information content (AvgIpc) is 2.46. The highest BCUT2D eigenvalue weighted by Crippen LogP contribution is 2.32. The van der Waals surface area contributed by atoms with Crippen LogP contribution in [0.4, 0.5) is 0 Å². The van der Waals surface area contributed by atoms with E-state index < -0.39 is 10.0 Å². The number of aromatic amines is 1. The molecular formula is C17H22N2O3S. The van der Waals surface area contributed by atoms with Gasteiger partial charge >= 0.3 is 0 Å². The van der Waals surface area contributed by atoms with Gasteiger partial charge in [-0.2, -0.15) is 4.31 Å². The Hall–Kier alpha value is -1.66. The molecule has 1 aromatic carbocycles. The van der Waals surface area contributed by atoms with Crippen molar-refractivity contribution in [2.45, 2.75) is 44.9 Å². The summed E-state index contributed by atoms with van der Waals surface area (Å²) in [6.07, 6.45) is 2.91. The van der Waals surface area contributed by atoms with Gasteiger partial charge in [0.1, 0.15) is 0 Å². The number of nitrogens with zero attached hydrogens (tertiary/aromatic N) is 1. The first-order valence-corrected chi connectivity index (χ1v) is 9.40. The number of pyridine rings is 1. The molecule has 1 aliphatic heterocycles. The van der Waals surface area contributed by atoms with Gasteiger partial charge in [-0.25, -0.2) is 8.42 Å². The van der Waals surface area contributed by atoms with Gasteiger partial charge in [-0.05, 0) is 56.4 Å². The van der Waals surface area contributed by atoms with Crippen molar-refractivity contribution in [2.75, 3.05) is 13.1 Å². The molecule has 5 nitrogen and oxygen atoms in total. The first kappa shape index (κ1) is 16.2. The first-order chi connectivity index (χ1) is 10.8. The summed E-state index contributed by atoms with van der Waals surface area (Å²) in [4.78, 5) is 14.9. The number of fused-ring (bicyclic) bond motifs is 1. The normalized spacial score (nSPS) is 16.8. The minimum atomic E-state index is -3.50. The quantitative estimate of drug-likeness (QED) is 0.918. The molecule has 0 radical (unpaired) electrons. The van der Waals surface area contributed by atoms with E-state index in [-0.39, 0.29) is 5.56 Å². The van der Waals surface area contributed by atoms with Gasteiger partial charge in [0.25, 0.3) is 0 Å². The topological polar surface area (TPSA) is 70.2 Å². The van der Waals surface area contributed by atoms with E-state index in [4.69, 9.17) is 0 Å². The number of piperidine rings is 1. The highest BCUT2D eigenvalue weighted by molar-refractivity contribution is 7.89. The molecule has 23 heavy (non-hydrogen) atoms. The molecule has 0 saturated carbocycles. The average molecular weight is 334 g/mol. The molecule has 2 heterocycles. The van der Waals surface area contributed by atoms with E-state index in [1.54, 1.807) is 17.3 Å². The van der Waals surface area contributed by atoms with Crippen molar-refractivity contribution >= 4 is 20.9 Å². The Morgan fingerprint density at radius 2 is 1.65 bits per heavy atom. The van der Waals surface area contributed by atoms with Gasteiger partial charge in [0, 0.05) is 30.1 Å². The van der Waals surface area contributed by atoms with E-state index in [2.05, 4.69) is 4.98 Å². The zero-order valence-electron chi connectivity index (χ0n) is 13.8. The standard InChI is InChI=1S/C17H22N2O3S/c1-11-10-15(20)18-14-9-12(2)17(13(3)16(11)14)23(21,22)19-7-5-4-6-8-19/h9-10H,4-8H2,1-3H3,(H,18,20). The lowest BCUT2D eigenvalue weighted by Gasteiger charge is -2.27. The van der Waals surface area contributed by atoms with Gasteiger partial charge in [-0.3, -0.25) is 4.79 Å². The number of aromatic nitrogens is 1. The largest absolute Gasteiger partial charge is 0.322 e. The molecule has 0 bridgehead atoms. The zero-order chi connectivity index (χ0) is 16.8. The predicted molar refractivity (Wildman–Crippen MR) is 91.4 cm³/mol. The second kappa shape index (κ2) is 5.76. The third-order valence-electron chi connectivity index (χ3n) is 4.62. The number of hydrogen-bond donors (Lipinski definition) is 1. The van der Waals surface area contributed by atoms with Crippen molar-refractivity contribution in [1.29, 1.82) is 0 Å². The van der Waals surface area contributed by atoms with E-state index in [9.17, 15) is 13.2 Å². The number of benzene rings is 1. The molecule has 1 aromatic heterocycles. The van der Waals surface area contributed by atoms with Crippen LogP contribution in [0.3, 0.4) is 0 Å². The first-order valence-electron chi connectivity index (χ1n) is 7.96. The van der Waals surface area contributed by atoms with Gasteiger partial charge in [-0.15, -0.1) is 0 Å². The molecule has 0 spiro atoms. The Kier molecular flexibility index (Phi) is 4.06. The van der Waals surface area contributed by atoms with Crippen LogP contribution in [0.15, 0.2) is 21.8 Å². The van der Waals surface area contributed by atoms with Crippen LogP contribution in [0.1, 0.15) is 36.0 Å². The van der Waals surface area contributed by atoms with Crippen LogP contribution < -0.4 is 5.56 Å². The maximum atomic E-state index is 13.1. The minimum Gasteiger partial charge on any atom is -0.322 e. The zero-order valence-corrected chi connectivity index (χ0v) is 14.6. The maximum absolute atomic E-state index is 13.1. The molecule has 0 unspecified atom stereocenters. The van der Waals surface area contributed by atoms with Crippen LogP contribution in [0.2, 0.25) is 0 Å². The molecule has 1 N–H and O–H groups in total. The second-order valence-corrected chi connectivity index (χ2v) is 8.23. The van der Waals surface area contributed by atoms with E-state index in [0.717, 1.165) is 35.8 Å². The summed E-state index contributed by atoms with van der Waals surface area (Å²) in [5.74, 6) is 0. The summed E-state index contributed by atoms with van der Waals surface area (Å²) >= 11 is 0. The van der Waals surface area contributed by atoms with E-state index in [0.29, 0.717) is 29.1 Å². The van der Waals surface area contributed by atoms with Crippen molar-refractivity contribution in [3.05, 3.63) is 39.2 Å². The van der Waals surface area contributed by atoms with Crippen molar-refractivity contribution in [2.24, 2.45) is 0 Å². The molecule has 0 atom stereocenters. The lowest BCUT2D eigenvalue weighted by molar-refractivity contribution is 0.346. The van der Waals surface area contributed by atoms with Gasteiger partial charge in [-0.1, -0.05) is 6.42 Å². The molecule has 1 aliphatic rings. The van der Waals surface area contributed by atoms with Gasteiger partial charge in [0.05, 0.1) is 4.90 Å². The summed E-state index contributed by atoms with van der Waals surface area (Å²) in [5, 5.41) is 0.825. The molecule has 3 rings (SSSR count). The Morgan fingerprint density at radius 3 is 2.30 bits per heavy atom. The van der Waals surface area contributed by atoms with E-state index in [1.165, 1.54) is 6.07 Å². The monoisotopic (exact) mass is 334 g/mol. The highest BCUT2D eigenvalue weighted by Gasteiger charge is 2.29. The molecule has 2 aromatic rings. The SMILES string of the molecule is Cc1cc2[nH]c(=O)cc(C)c2c(C)c1S(=O)(=O)N1CCCCC1. The summed E-state index contributed by atoms with van der Waals surface area (Å²) in [6, 6.07) is 3.29. The van der Waals surface area contributed by atoms with Crippen LogP contribution in [-0.2, 0) is 10.0 Å². The third-order valence-corrected chi connectivity index (χ3v) is 6.81. The van der Waals surface area contributed by atoms with Crippen molar-refractivity contribution in [1.82, 2.24) is 9.29 Å². The number of H-pyrrole nitrogens is 1. The van der Waals surface area contributed by atoms with Crippen molar-refractivity contribution in [3.8, 4) is 0 Å². The number of hydrogen-bond acceptors (Lipinski definition) is 3. The predicted octanol–water partition coefficient (Wildman–Crippen LogP) is 2.63. The fourth-order valence-electron chi connectivity index (χ4n) is 3.64. The summed E-state index contributed by atoms with van der Waals surface area (Å²) in [6.45, 7) is 6.65. The smallest absolute Gasteiger partial charge is 0.248 e. The second-order valence-electron chi connectivity index (χ2n) is 6.35. The Bertz CT molecular complexity index is 923. The minimum absolute atomic E-state index is 0.166. The van der Waals surface area contributed by atoms with Gasteiger partial charge in [0.2, 0.25) is 15.6 Å². The maximum Gasteiger partial charge on any atom is 0.248 e. The van der Waals surface area contributed by atoms with Crippen LogP contribution >= 0.6 is 0 Å². The highest BCUT2D eigenvalue weighted by atomic mass is 32.2. The number of aryl methyl sites for hydroxylation is 3. The Morgan fingerprint density at radius 1 is 1.00 bits per heavy atom. The number of rotatable bonds is 2. The van der Waals surface area contributed by atoms with E-state index >= 15 is 0 Å². The molecule has 6 heteroatoms. The Labute approximate surface area is 136 Å². The number of sulfonamides is 1. The molecule has 0 amide bonds. The lowest BCUT2D eigenvalue weighted by Crippen LogP contribution is -2.36. The van der Waals surface area contributed by atoms with Gasteiger partial charge < -0.3 is 4.98 Å². The lowest BCUT2D eigenvalue weighted by atomic mass is 10.0. The van der Waals surface area contributed by atoms with Crippen LogP contribution in [0, 0.1) is 20.8 Å². The van der Waals surface area contributed by atoms with Gasteiger partial charge in [0.15, 0.2) is 0 Å². The van der Waals surface area contributed by atoms with Crippen LogP contribution in [0.25, 0.3) is 10.9 Å². The van der Waals surface area contributed by atoms with Crippen molar-refractivity contribution in [3.63, 3.8) is 0 Å². The summed E-state index contributed by atoms with van der Waals surface area (Å²) < 4.78 is 27.8. The fourth-order valence-corrected chi connectivity index (χ4v) is 5.59. The Balaban J connectivity index is 2.27. The third kappa shape index (κ3) is 2.70. The van der Waals surface area contributed by atoms with Crippen LogP contribution in [0.5, 0.6) is 0 Å². The number of nitrogens with one attached hydrogen (secondary N) is 1. The molecule has 124 valence electrons. The molecule has 1 saturated heterocycles. The molecular weight excluding hydrogens is 312 g/mol. The summed E-state index contributed by atoms with van der Waals surface area (Å²) in [5.41, 5.74) is 2.74. The molecule has 0 aliphatic carbocycles. The van der Waals surface area contributed by atoms with Crippen molar-refractivity contribution < 1.29 is 8.42 Å². The fraction of sp³-hybridized carbons (Fsp3) is 0.471.